The van der Waals surface area contributed by atoms with E-state index in [0.29, 0.717) is 31.9 Å². The van der Waals surface area contributed by atoms with Gasteiger partial charge in [0.25, 0.3) is 5.56 Å². The number of esters is 1. The number of allylic oxidation sites excluding steroid dienone is 1. The SMILES string of the molecule is CCOC(=O)C1=C(C)N=c2s/c(=C/c3ccc(O)c(OC)c3)c(=O)n2[C@@H]1c1cccc2ccccc12. The molecule has 0 amide bonds. The van der Waals surface area contributed by atoms with Crippen LogP contribution in [0.2, 0.25) is 0 Å². The number of aromatic nitrogens is 1. The number of carbonyl (C=O) groups is 1. The van der Waals surface area contributed by atoms with Crippen molar-refractivity contribution >= 4 is 34.2 Å². The lowest BCUT2D eigenvalue weighted by atomic mass is 9.91. The summed E-state index contributed by atoms with van der Waals surface area (Å²) in [6, 6.07) is 17.9. The summed E-state index contributed by atoms with van der Waals surface area (Å²) in [5.41, 5.74) is 2.12. The third kappa shape index (κ3) is 3.99. The normalized spacial score (nSPS) is 15.5. The van der Waals surface area contributed by atoms with Gasteiger partial charge < -0.3 is 14.6 Å². The predicted octanol–water partition coefficient (Wildman–Crippen LogP) is 3.67. The van der Waals surface area contributed by atoms with E-state index in [9.17, 15) is 14.7 Å². The lowest BCUT2D eigenvalue weighted by molar-refractivity contribution is -0.139. The summed E-state index contributed by atoms with van der Waals surface area (Å²) < 4.78 is 12.6. The number of thiazole rings is 1. The molecule has 1 aliphatic heterocycles. The minimum atomic E-state index is -0.692. The summed E-state index contributed by atoms with van der Waals surface area (Å²) >= 11 is 1.25. The van der Waals surface area contributed by atoms with E-state index >= 15 is 0 Å². The maximum atomic E-state index is 13.8. The average Bonchev–Trinajstić information content (AvgIpc) is 3.18. The van der Waals surface area contributed by atoms with Crippen LogP contribution in [-0.2, 0) is 9.53 Å². The Morgan fingerprint density at radius 3 is 2.72 bits per heavy atom. The number of benzene rings is 3. The van der Waals surface area contributed by atoms with Gasteiger partial charge in [0.2, 0.25) is 0 Å². The molecule has 0 radical (unpaired) electrons. The second-order valence-corrected chi connectivity index (χ2v) is 9.31. The van der Waals surface area contributed by atoms with Crippen molar-refractivity contribution in [3.8, 4) is 11.5 Å². The van der Waals surface area contributed by atoms with Crippen LogP contribution in [0, 0.1) is 0 Å². The predicted molar refractivity (Wildman–Crippen MR) is 139 cm³/mol. The number of phenols is 1. The number of ether oxygens (including phenoxy) is 2. The molecule has 0 aliphatic carbocycles. The van der Waals surface area contributed by atoms with E-state index in [4.69, 9.17) is 9.47 Å². The van der Waals surface area contributed by atoms with Gasteiger partial charge in [-0.2, -0.15) is 0 Å². The van der Waals surface area contributed by atoms with E-state index in [1.54, 1.807) is 36.6 Å². The van der Waals surface area contributed by atoms with Gasteiger partial charge in [-0.3, -0.25) is 9.36 Å². The zero-order valence-corrected chi connectivity index (χ0v) is 20.8. The number of methoxy groups -OCH3 is 1. The smallest absolute Gasteiger partial charge is 0.338 e. The molecule has 8 heteroatoms. The molecule has 4 aromatic rings. The zero-order chi connectivity index (χ0) is 25.4. The molecule has 2 heterocycles. The Hall–Kier alpha value is -4.17. The van der Waals surface area contributed by atoms with Crippen molar-refractivity contribution in [2.24, 2.45) is 4.99 Å². The van der Waals surface area contributed by atoms with Gasteiger partial charge in [-0.15, -0.1) is 0 Å². The first-order valence-corrected chi connectivity index (χ1v) is 12.3. The number of phenolic OH excluding ortho intramolecular Hbond substituents is 1. The number of aromatic hydroxyl groups is 1. The lowest BCUT2D eigenvalue weighted by Gasteiger charge is -2.25. The Bertz CT molecular complexity index is 1710. The third-order valence-corrected chi connectivity index (χ3v) is 7.12. The summed E-state index contributed by atoms with van der Waals surface area (Å²) in [6.45, 7) is 3.74. The second kappa shape index (κ2) is 9.47. The number of hydrogen-bond donors (Lipinski definition) is 1. The molecular formula is C28H24N2O5S. The van der Waals surface area contributed by atoms with Gasteiger partial charge in [-0.1, -0.05) is 59.9 Å². The summed E-state index contributed by atoms with van der Waals surface area (Å²) in [4.78, 5) is 32.1. The fraction of sp³-hybridized carbons (Fsp3) is 0.179. The minimum Gasteiger partial charge on any atom is -0.504 e. The molecule has 0 unspecified atom stereocenters. The van der Waals surface area contributed by atoms with Gasteiger partial charge in [0.1, 0.15) is 0 Å². The highest BCUT2D eigenvalue weighted by atomic mass is 32.1. The minimum absolute atomic E-state index is 0.0155. The van der Waals surface area contributed by atoms with E-state index in [0.717, 1.165) is 16.3 Å². The van der Waals surface area contributed by atoms with Crippen LogP contribution >= 0.6 is 11.3 Å². The number of rotatable bonds is 5. The molecule has 36 heavy (non-hydrogen) atoms. The van der Waals surface area contributed by atoms with Gasteiger partial charge in [0.05, 0.1) is 35.6 Å². The first-order chi connectivity index (χ1) is 17.4. The van der Waals surface area contributed by atoms with Crippen LogP contribution in [0.4, 0.5) is 0 Å². The summed E-state index contributed by atoms with van der Waals surface area (Å²) in [5.74, 6) is -0.165. The number of nitrogens with zero attached hydrogens (tertiary/aromatic N) is 2. The van der Waals surface area contributed by atoms with E-state index in [2.05, 4.69) is 4.99 Å². The quantitative estimate of drug-likeness (QED) is 0.423. The summed E-state index contributed by atoms with van der Waals surface area (Å²) in [5, 5.41) is 11.9. The van der Waals surface area contributed by atoms with Crippen LogP contribution in [0.25, 0.3) is 16.8 Å². The Morgan fingerprint density at radius 2 is 1.94 bits per heavy atom. The van der Waals surface area contributed by atoms with Crippen LogP contribution < -0.4 is 19.6 Å². The molecule has 1 atom stereocenters. The van der Waals surface area contributed by atoms with Crippen molar-refractivity contribution in [3.63, 3.8) is 0 Å². The van der Waals surface area contributed by atoms with Crippen LogP contribution in [-0.4, -0.2) is 29.4 Å². The highest BCUT2D eigenvalue weighted by Crippen LogP contribution is 2.35. The highest BCUT2D eigenvalue weighted by Gasteiger charge is 2.34. The van der Waals surface area contributed by atoms with E-state index in [-0.39, 0.29) is 17.9 Å². The van der Waals surface area contributed by atoms with Gasteiger partial charge in [-0.05, 0) is 54.0 Å². The molecule has 0 saturated heterocycles. The molecule has 1 N–H and O–H groups in total. The van der Waals surface area contributed by atoms with Gasteiger partial charge >= 0.3 is 5.97 Å². The first-order valence-electron chi connectivity index (χ1n) is 11.5. The third-order valence-electron chi connectivity index (χ3n) is 6.14. The molecule has 0 bridgehead atoms. The molecule has 7 nitrogen and oxygen atoms in total. The Balaban J connectivity index is 1.78. The van der Waals surface area contributed by atoms with Crippen molar-refractivity contribution in [2.75, 3.05) is 13.7 Å². The number of hydrogen-bond acceptors (Lipinski definition) is 7. The molecule has 0 saturated carbocycles. The first kappa shape index (κ1) is 23.6. The maximum absolute atomic E-state index is 13.8. The Morgan fingerprint density at radius 1 is 1.17 bits per heavy atom. The monoisotopic (exact) mass is 500 g/mol. The van der Waals surface area contributed by atoms with E-state index in [1.807, 2.05) is 42.5 Å². The standard InChI is InChI=1S/C28H24N2O5S/c1-4-35-27(33)24-16(2)29-28-30(25(24)20-11-7-9-18-8-5-6-10-19(18)20)26(32)23(36-28)15-17-12-13-21(31)22(14-17)34-3/h5-15,25,31H,4H2,1-3H3/b23-15+/t25-/m1/s1. The maximum Gasteiger partial charge on any atom is 0.338 e. The van der Waals surface area contributed by atoms with Crippen LogP contribution in [0.3, 0.4) is 0 Å². The second-order valence-electron chi connectivity index (χ2n) is 8.30. The fourth-order valence-electron chi connectivity index (χ4n) is 4.51. The summed E-state index contributed by atoms with van der Waals surface area (Å²) in [6.07, 6.45) is 1.73. The largest absolute Gasteiger partial charge is 0.504 e. The van der Waals surface area contributed by atoms with Crippen molar-refractivity contribution in [2.45, 2.75) is 19.9 Å². The Kier molecular flexibility index (Phi) is 6.20. The zero-order valence-electron chi connectivity index (χ0n) is 20.0. The van der Waals surface area contributed by atoms with Crippen molar-refractivity contribution < 1.29 is 19.4 Å². The molecule has 1 aliphatic rings. The molecule has 0 spiro atoms. The van der Waals surface area contributed by atoms with Crippen LogP contribution in [0.1, 0.15) is 31.0 Å². The number of carbonyl (C=O) groups excluding carboxylic acids is 1. The lowest BCUT2D eigenvalue weighted by Crippen LogP contribution is -2.40. The van der Waals surface area contributed by atoms with E-state index in [1.165, 1.54) is 24.5 Å². The van der Waals surface area contributed by atoms with Crippen molar-refractivity contribution in [1.82, 2.24) is 4.57 Å². The molecule has 1 aromatic heterocycles. The fourth-order valence-corrected chi connectivity index (χ4v) is 5.56. The summed E-state index contributed by atoms with van der Waals surface area (Å²) in [7, 11) is 1.47. The molecular weight excluding hydrogens is 476 g/mol. The molecule has 5 rings (SSSR count). The number of fused-ring (bicyclic) bond motifs is 2. The van der Waals surface area contributed by atoms with Crippen molar-refractivity contribution in [1.29, 1.82) is 0 Å². The van der Waals surface area contributed by atoms with Crippen LogP contribution in [0.15, 0.2) is 81.7 Å². The molecule has 182 valence electrons. The van der Waals surface area contributed by atoms with Gasteiger partial charge in [0, 0.05) is 0 Å². The topological polar surface area (TPSA) is 90.1 Å². The average molecular weight is 501 g/mol. The van der Waals surface area contributed by atoms with Crippen molar-refractivity contribution in [3.05, 3.63) is 103 Å². The molecule has 3 aromatic carbocycles. The van der Waals surface area contributed by atoms with Gasteiger partial charge in [0.15, 0.2) is 16.3 Å². The van der Waals surface area contributed by atoms with Gasteiger partial charge in [-0.25, -0.2) is 9.79 Å². The molecule has 0 fully saturated rings. The highest BCUT2D eigenvalue weighted by molar-refractivity contribution is 7.07. The Labute approximate surface area is 210 Å². The van der Waals surface area contributed by atoms with Crippen LogP contribution in [0.5, 0.6) is 11.5 Å². The van der Waals surface area contributed by atoms with E-state index < -0.39 is 12.0 Å².